The van der Waals surface area contributed by atoms with Crippen LogP contribution in [0.5, 0.6) is 0 Å². The lowest BCUT2D eigenvalue weighted by Crippen LogP contribution is -2.23. The SMILES string of the molecule is Cc1ccc(CNC(=O)c2cc(Nc3cccc(Br)c3)ccn2)cc1. The van der Waals surface area contributed by atoms with Gasteiger partial charge in [0, 0.05) is 28.6 Å². The molecule has 5 heteroatoms. The molecule has 0 aliphatic heterocycles. The molecule has 0 saturated heterocycles. The normalized spacial score (nSPS) is 10.3. The first-order valence-corrected chi connectivity index (χ1v) is 8.72. The van der Waals surface area contributed by atoms with Gasteiger partial charge in [0.25, 0.3) is 5.91 Å². The molecule has 0 radical (unpaired) electrons. The van der Waals surface area contributed by atoms with Gasteiger partial charge >= 0.3 is 0 Å². The topological polar surface area (TPSA) is 54.0 Å². The van der Waals surface area contributed by atoms with Gasteiger partial charge < -0.3 is 10.6 Å². The number of anilines is 2. The Hall–Kier alpha value is -2.66. The van der Waals surface area contributed by atoms with Gasteiger partial charge in [0.1, 0.15) is 5.69 Å². The van der Waals surface area contributed by atoms with Crippen LogP contribution in [0.15, 0.2) is 71.3 Å². The fourth-order valence-corrected chi connectivity index (χ4v) is 2.74. The monoisotopic (exact) mass is 395 g/mol. The number of pyridine rings is 1. The Morgan fingerprint density at radius 2 is 1.80 bits per heavy atom. The smallest absolute Gasteiger partial charge is 0.270 e. The van der Waals surface area contributed by atoms with Crippen LogP contribution >= 0.6 is 15.9 Å². The Morgan fingerprint density at radius 1 is 1.04 bits per heavy atom. The molecule has 3 rings (SSSR count). The van der Waals surface area contributed by atoms with Crippen molar-refractivity contribution in [3.05, 3.63) is 88.2 Å². The van der Waals surface area contributed by atoms with Crippen LogP contribution in [0.3, 0.4) is 0 Å². The summed E-state index contributed by atoms with van der Waals surface area (Å²) in [4.78, 5) is 16.5. The zero-order valence-corrected chi connectivity index (χ0v) is 15.4. The summed E-state index contributed by atoms with van der Waals surface area (Å²) in [7, 11) is 0. The molecule has 0 aliphatic rings. The van der Waals surface area contributed by atoms with Crippen LogP contribution in [0.2, 0.25) is 0 Å². The summed E-state index contributed by atoms with van der Waals surface area (Å²) in [6.07, 6.45) is 1.63. The molecule has 2 aromatic carbocycles. The van der Waals surface area contributed by atoms with Crippen molar-refractivity contribution < 1.29 is 4.79 Å². The number of carbonyl (C=O) groups is 1. The van der Waals surface area contributed by atoms with Gasteiger partial charge in [-0.1, -0.05) is 51.8 Å². The lowest BCUT2D eigenvalue weighted by Gasteiger charge is -2.09. The fourth-order valence-electron chi connectivity index (χ4n) is 2.34. The van der Waals surface area contributed by atoms with Crippen molar-refractivity contribution in [1.29, 1.82) is 0 Å². The van der Waals surface area contributed by atoms with Crippen molar-refractivity contribution in [1.82, 2.24) is 10.3 Å². The molecule has 0 bridgehead atoms. The second-order valence-electron chi connectivity index (χ2n) is 5.73. The molecule has 0 saturated carbocycles. The van der Waals surface area contributed by atoms with E-state index in [1.807, 2.05) is 61.5 Å². The molecule has 1 heterocycles. The minimum Gasteiger partial charge on any atom is -0.355 e. The number of hydrogen-bond acceptors (Lipinski definition) is 3. The molecular weight excluding hydrogens is 378 g/mol. The summed E-state index contributed by atoms with van der Waals surface area (Å²) in [6.45, 7) is 2.51. The summed E-state index contributed by atoms with van der Waals surface area (Å²) >= 11 is 3.44. The molecule has 0 spiro atoms. The van der Waals surface area contributed by atoms with E-state index in [0.717, 1.165) is 21.4 Å². The number of amides is 1. The summed E-state index contributed by atoms with van der Waals surface area (Å²) in [5, 5.41) is 6.17. The number of carbonyl (C=O) groups excluding carboxylic acids is 1. The molecule has 4 nitrogen and oxygen atoms in total. The first-order valence-electron chi connectivity index (χ1n) is 7.92. The Bertz CT molecular complexity index is 878. The average molecular weight is 396 g/mol. The second-order valence-corrected chi connectivity index (χ2v) is 6.65. The van der Waals surface area contributed by atoms with Gasteiger partial charge in [-0.15, -0.1) is 0 Å². The second kappa shape index (κ2) is 7.94. The van der Waals surface area contributed by atoms with Crippen LogP contribution < -0.4 is 10.6 Å². The maximum Gasteiger partial charge on any atom is 0.270 e. The van der Waals surface area contributed by atoms with Crippen LogP contribution in [0.4, 0.5) is 11.4 Å². The summed E-state index contributed by atoms with van der Waals surface area (Å²) in [5.74, 6) is -0.196. The molecule has 0 atom stereocenters. The Labute approximate surface area is 155 Å². The number of nitrogens with zero attached hydrogens (tertiary/aromatic N) is 1. The van der Waals surface area contributed by atoms with E-state index < -0.39 is 0 Å². The number of hydrogen-bond donors (Lipinski definition) is 2. The number of aryl methyl sites for hydroxylation is 1. The molecule has 126 valence electrons. The van der Waals surface area contributed by atoms with Crippen LogP contribution in [0.25, 0.3) is 0 Å². The third-order valence-electron chi connectivity index (χ3n) is 3.68. The van der Waals surface area contributed by atoms with Gasteiger partial charge in [-0.05, 0) is 42.8 Å². The molecule has 0 fully saturated rings. The molecule has 1 aromatic heterocycles. The largest absolute Gasteiger partial charge is 0.355 e. The number of halogens is 1. The van der Waals surface area contributed by atoms with Crippen molar-refractivity contribution in [3.8, 4) is 0 Å². The lowest BCUT2D eigenvalue weighted by atomic mass is 10.1. The first-order chi connectivity index (χ1) is 12.1. The standard InChI is InChI=1S/C20H18BrN3O/c1-14-5-7-15(8-6-14)13-23-20(25)19-12-18(9-10-22-19)24-17-4-2-3-16(21)11-17/h2-12H,13H2,1H3,(H,22,24)(H,23,25). The van der Waals surface area contributed by atoms with Crippen molar-refractivity contribution in [2.24, 2.45) is 0 Å². The average Bonchev–Trinajstić information content (AvgIpc) is 2.61. The predicted octanol–water partition coefficient (Wildman–Crippen LogP) is 4.83. The predicted molar refractivity (Wildman–Crippen MR) is 104 cm³/mol. The van der Waals surface area contributed by atoms with Crippen LogP contribution in [-0.2, 0) is 6.54 Å². The van der Waals surface area contributed by atoms with Gasteiger partial charge in [0.05, 0.1) is 0 Å². The van der Waals surface area contributed by atoms with E-state index >= 15 is 0 Å². The fraction of sp³-hybridized carbons (Fsp3) is 0.100. The van der Waals surface area contributed by atoms with E-state index in [4.69, 9.17) is 0 Å². The molecule has 3 aromatic rings. The van der Waals surface area contributed by atoms with Crippen LogP contribution in [-0.4, -0.2) is 10.9 Å². The molecular formula is C20H18BrN3O. The quantitative estimate of drug-likeness (QED) is 0.650. The van der Waals surface area contributed by atoms with E-state index in [9.17, 15) is 4.79 Å². The first kappa shape index (κ1) is 17.2. The van der Waals surface area contributed by atoms with Gasteiger partial charge in [0.15, 0.2) is 0 Å². The minimum absolute atomic E-state index is 0.196. The number of aromatic nitrogens is 1. The van der Waals surface area contributed by atoms with Gasteiger partial charge in [-0.3, -0.25) is 9.78 Å². The van der Waals surface area contributed by atoms with Crippen LogP contribution in [0.1, 0.15) is 21.6 Å². The molecule has 0 aliphatic carbocycles. The number of rotatable bonds is 5. The molecule has 2 N–H and O–H groups in total. The Kier molecular flexibility index (Phi) is 5.46. The molecule has 0 unspecified atom stereocenters. The van der Waals surface area contributed by atoms with Crippen molar-refractivity contribution in [2.75, 3.05) is 5.32 Å². The van der Waals surface area contributed by atoms with Crippen LogP contribution in [0, 0.1) is 6.92 Å². The zero-order valence-electron chi connectivity index (χ0n) is 13.8. The van der Waals surface area contributed by atoms with Crippen molar-refractivity contribution >= 4 is 33.2 Å². The maximum atomic E-state index is 12.3. The summed E-state index contributed by atoms with van der Waals surface area (Å²) < 4.78 is 0.989. The van der Waals surface area contributed by atoms with Gasteiger partial charge in [0.2, 0.25) is 0 Å². The van der Waals surface area contributed by atoms with E-state index in [-0.39, 0.29) is 5.91 Å². The third-order valence-corrected chi connectivity index (χ3v) is 4.17. The van der Waals surface area contributed by atoms with Crippen molar-refractivity contribution in [3.63, 3.8) is 0 Å². The summed E-state index contributed by atoms with van der Waals surface area (Å²) in [5.41, 5.74) is 4.39. The van der Waals surface area contributed by atoms with Gasteiger partial charge in [-0.25, -0.2) is 0 Å². The molecule has 25 heavy (non-hydrogen) atoms. The van der Waals surface area contributed by atoms with E-state index in [2.05, 4.69) is 31.5 Å². The zero-order chi connectivity index (χ0) is 17.6. The molecule has 1 amide bonds. The van der Waals surface area contributed by atoms with E-state index in [0.29, 0.717) is 12.2 Å². The highest BCUT2D eigenvalue weighted by atomic mass is 79.9. The van der Waals surface area contributed by atoms with E-state index in [1.54, 1.807) is 12.3 Å². The van der Waals surface area contributed by atoms with Crippen molar-refractivity contribution in [2.45, 2.75) is 13.5 Å². The Balaban J connectivity index is 1.65. The number of nitrogens with one attached hydrogen (secondary N) is 2. The highest BCUT2D eigenvalue weighted by Gasteiger charge is 2.08. The highest BCUT2D eigenvalue weighted by molar-refractivity contribution is 9.10. The highest BCUT2D eigenvalue weighted by Crippen LogP contribution is 2.20. The minimum atomic E-state index is -0.196. The van der Waals surface area contributed by atoms with E-state index in [1.165, 1.54) is 5.56 Å². The van der Waals surface area contributed by atoms with Gasteiger partial charge in [-0.2, -0.15) is 0 Å². The number of benzene rings is 2. The summed E-state index contributed by atoms with van der Waals surface area (Å²) in [6, 6.07) is 19.5. The third kappa shape index (κ3) is 4.90. The lowest BCUT2D eigenvalue weighted by molar-refractivity contribution is 0.0946. The Morgan fingerprint density at radius 3 is 2.56 bits per heavy atom. The maximum absolute atomic E-state index is 12.3.